The third-order valence-electron chi connectivity index (χ3n) is 5.74. The number of hydrogen-bond acceptors (Lipinski definition) is 6. The number of rotatable bonds is 8. The van der Waals surface area contributed by atoms with Gasteiger partial charge in [-0.05, 0) is 49.1 Å². The molecule has 1 heterocycles. The molecular weight excluding hydrogens is 396 g/mol. The van der Waals surface area contributed by atoms with Crippen molar-refractivity contribution in [1.82, 2.24) is 9.88 Å². The molecule has 1 aliphatic rings. The summed E-state index contributed by atoms with van der Waals surface area (Å²) in [6.45, 7) is 1.23. The number of carbonyl (C=O) groups excluding carboxylic acids is 1. The second-order valence-electron chi connectivity index (χ2n) is 7.78. The summed E-state index contributed by atoms with van der Waals surface area (Å²) in [4.78, 5) is 18.7. The number of ether oxygens (including phenoxy) is 2. The summed E-state index contributed by atoms with van der Waals surface area (Å²) in [7, 11) is 1.46. The molecule has 6 heteroatoms. The molecule has 0 radical (unpaired) electrons. The molecule has 0 spiro atoms. The van der Waals surface area contributed by atoms with Crippen LogP contribution in [0.15, 0.2) is 48.5 Å². The molecule has 0 amide bonds. The summed E-state index contributed by atoms with van der Waals surface area (Å²) >= 11 is 1.55. The van der Waals surface area contributed by atoms with Gasteiger partial charge in [0.05, 0.1) is 23.9 Å². The van der Waals surface area contributed by atoms with Gasteiger partial charge in [-0.3, -0.25) is 9.69 Å². The molecule has 0 aliphatic heterocycles. The van der Waals surface area contributed by atoms with Crippen LogP contribution in [0, 0.1) is 0 Å². The fraction of sp³-hybridized carbons (Fsp3) is 0.417. The third-order valence-corrected chi connectivity index (χ3v) is 6.66. The van der Waals surface area contributed by atoms with E-state index >= 15 is 0 Å². The zero-order valence-corrected chi connectivity index (χ0v) is 18.2. The first-order chi connectivity index (χ1) is 14.7. The van der Waals surface area contributed by atoms with Gasteiger partial charge in [-0.15, -0.1) is 0 Å². The predicted octanol–water partition coefficient (Wildman–Crippen LogP) is 5.44. The highest BCUT2D eigenvalue weighted by atomic mass is 32.1. The fourth-order valence-electron chi connectivity index (χ4n) is 4.06. The number of hydrogen-bond donors (Lipinski definition) is 0. The molecule has 3 aromatic rings. The minimum absolute atomic E-state index is 0.153. The van der Waals surface area contributed by atoms with E-state index in [1.54, 1.807) is 11.3 Å². The monoisotopic (exact) mass is 424 g/mol. The van der Waals surface area contributed by atoms with Gasteiger partial charge in [-0.1, -0.05) is 54.9 Å². The molecule has 158 valence electrons. The van der Waals surface area contributed by atoms with Crippen LogP contribution >= 0.6 is 11.3 Å². The molecule has 2 aromatic carbocycles. The van der Waals surface area contributed by atoms with Crippen LogP contribution < -0.4 is 4.74 Å². The van der Waals surface area contributed by atoms with Crippen LogP contribution in [0.25, 0.3) is 10.2 Å². The predicted molar refractivity (Wildman–Crippen MR) is 120 cm³/mol. The minimum atomic E-state index is -0.153. The van der Waals surface area contributed by atoms with Crippen molar-refractivity contribution in [1.29, 1.82) is 0 Å². The normalized spacial score (nSPS) is 14.9. The number of para-hydroxylation sites is 1. The van der Waals surface area contributed by atoms with Crippen LogP contribution in [0.1, 0.15) is 37.7 Å². The number of esters is 1. The number of thiazole rings is 1. The summed E-state index contributed by atoms with van der Waals surface area (Å²) in [5.41, 5.74) is 2.19. The van der Waals surface area contributed by atoms with E-state index in [0.29, 0.717) is 17.8 Å². The molecule has 0 bridgehead atoms. The summed E-state index contributed by atoms with van der Waals surface area (Å²) in [5.74, 6) is 0.636. The van der Waals surface area contributed by atoms with E-state index in [-0.39, 0.29) is 5.97 Å². The van der Waals surface area contributed by atoms with Gasteiger partial charge in [0.1, 0.15) is 5.75 Å². The zero-order valence-electron chi connectivity index (χ0n) is 17.4. The SMILES string of the molecule is COC(=O)CN(CCc1ccc(Oc2nc3ccccc3s2)cc1)C1CCCCC1. The number of nitrogens with zero attached hydrogens (tertiary/aromatic N) is 2. The molecule has 5 nitrogen and oxygen atoms in total. The number of carbonyl (C=O) groups is 1. The van der Waals surface area contributed by atoms with Crippen molar-refractivity contribution in [2.24, 2.45) is 0 Å². The summed E-state index contributed by atoms with van der Waals surface area (Å²) in [6, 6.07) is 16.7. The average Bonchev–Trinajstić information content (AvgIpc) is 3.20. The smallest absolute Gasteiger partial charge is 0.319 e. The maximum absolute atomic E-state index is 11.9. The number of methoxy groups -OCH3 is 1. The Hall–Kier alpha value is -2.44. The van der Waals surface area contributed by atoms with Crippen LogP contribution in [0.5, 0.6) is 10.9 Å². The average molecular weight is 425 g/mol. The Balaban J connectivity index is 1.36. The van der Waals surface area contributed by atoms with E-state index in [2.05, 4.69) is 28.1 Å². The van der Waals surface area contributed by atoms with E-state index in [4.69, 9.17) is 9.47 Å². The molecule has 1 saturated carbocycles. The summed E-state index contributed by atoms with van der Waals surface area (Å²) in [6.07, 6.45) is 7.05. The Labute approximate surface area is 181 Å². The zero-order chi connectivity index (χ0) is 20.8. The fourth-order valence-corrected chi connectivity index (χ4v) is 4.89. The van der Waals surface area contributed by atoms with E-state index in [1.807, 2.05) is 30.3 Å². The van der Waals surface area contributed by atoms with Crippen LogP contribution in [-0.4, -0.2) is 42.1 Å². The second-order valence-corrected chi connectivity index (χ2v) is 8.78. The van der Waals surface area contributed by atoms with Crippen molar-refractivity contribution in [2.45, 2.75) is 44.6 Å². The molecular formula is C24H28N2O3S. The lowest BCUT2D eigenvalue weighted by atomic mass is 9.94. The maximum Gasteiger partial charge on any atom is 0.319 e. The Bertz CT molecular complexity index is 931. The summed E-state index contributed by atoms with van der Waals surface area (Å²) < 4.78 is 12.0. The molecule has 0 atom stereocenters. The van der Waals surface area contributed by atoms with Gasteiger partial charge < -0.3 is 9.47 Å². The Morgan fingerprint density at radius 2 is 1.87 bits per heavy atom. The minimum Gasteiger partial charge on any atom is -0.468 e. The molecule has 30 heavy (non-hydrogen) atoms. The van der Waals surface area contributed by atoms with Gasteiger partial charge in [-0.2, -0.15) is 0 Å². The highest BCUT2D eigenvalue weighted by Crippen LogP contribution is 2.31. The van der Waals surface area contributed by atoms with E-state index < -0.39 is 0 Å². The van der Waals surface area contributed by atoms with E-state index in [9.17, 15) is 4.79 Å². The third kappa shape index (κ3) is 5.37. The van der Waals surface area contributed by atoms with Gasteiger partial charge in [0.25, 0.3) is 5.19 Å². The van der Waals surface area contributed by atoms with Gasteiger partial charge >= 0.3 is 5.97 Å². The first kappa shape index (κ1) is 20.8. The summed E-state index contributed by atoms with van der Waals surface area (Å²) in [5, 5.41) is 0.658. The topological polar surface area (TPSA) is 51.7 Å². The Morgan fingerprint density at radius 3 is 2.60 bits per heavy atom. The van der Waals surface area contributed by atoms with Crippen LogP contribution in [-0.2, 0) is 16.0 Å². The maximum atomic E-state index is 11.9. The van der Waals surface area contributed by atoms with Gasteiger partial charge in [0.2, 0.25) is 0 Å². The lowest BCUT2D eigenvalue weighted by Crippen LogP contribution is -2.41. The molecule has 0 unspecified atom stereocenters. The van der Waals surface area contributed by atoms with Crippen molar-refractivity contribution in [2.75, 3.05) is 20.2 Å². The molecule has 1 aliphatic carbocycles. The van der Waals surface area contributed by atoms with Gasteiger partial charge in [-0.25, -0.2) is 4.98 Å². The molecule has 1 fully saturated rings. The largest absolute Gasteiger partial charge is 0.468 e. The van der Waals surface area contributed by atoms with Crippen molar-refractivity contribution in [3.63, 3.8) is 0 Å². The van der Waals surface area contributed by atoms with E-state index in [1.165, 1.54) is 44.8 Å². The molecule has 1 aromatic heterocycles. The molecule has 0 saturated heterocycles. The molecule has 4 rings (SSSR count). The number of aromatic nitrogens is 1. The number of benzene rings is 2. The Morgan fingerprint density at radius 1 is 1.10 bits per heavy atom. The first-order valence-electron chi connectivity index (χ1n) is 10.6. The van der Waals surface area contributed by atoms with Crippen LogP contribution in [0.3, 0.4) is 0 Å². The highest BCUT2D eigenvalue weighted by molar-refractivity contribution is 7.20. The number of fused-ring (bicyclic) bond motifs is 1. The quantitative estimate of drug-likeness (QED) is 0.451. The van der Waals surface area contributed by atoms with Crippen molar-refractivity contribution in [3.8, 4) is 10.9 Å². The van der Waals surface area contributed by atoms with Crippen LogP contribution in [0.2, 0.25) is 0 Å². The second kappa shape index (κ2) is 10.0. The van der Waals surface area contributed by atoms with Crippen molar-refractivity contribution in [3.05, 3.63) is 54.1 Å². The van der Waals surface area contributed by atoms with Gasteiger partial charge in [0, 0.05) is 12.6 Å². The lowest BCUT2D eigenvalue weighted by Gasteiger charge is -2.33. The lowest BCUT2D eigenvalue weighted by molar-refractivity contribution is -0.142. The van der Waals surface area contributed by atoms with Crippen molar-refractivity contribution < 1.29 is 14.3 Å². The molecule has 0 N–H and O–H groups in total. The first-order valence-corrected chi connectivity index (χ1v) is 11.5. The highest BCUT2D eigenvalue weighted by Gasteiger charge is 2.23. The van der Waals surface area contributed by atoms with Crippen molar-refractivity contribution >= 4 is 27.5 Å². The van der Waals surface area contributed by atoms with E-state index in [0.717, 1.165) is 28.9 Å². The Kier molecular flexibility index (Phi) is 6.97. The van der Waals surface area contributed by atoms with Gasteiger partial charge in [0.15, 0.2) is 0 Å². The standard InChI is InChI=1S/C24H28N2O3S/c1-28-23(27)17-26(19-7-3-2-4-8-19)16-15-18-11-13-20(14-12-18)29-24-25-21-9-5-6-10-22(21)30-24/h5-6,9-14,19H,2-4,7-8,15-17H2,1H3. The van der Waals surface area contributed by atoms with Crippen LogP contribution in [0.4, 0.5) is 0 Å².